The quantitative estimate of drug-likeness (QED) is 0.288. The maximum Gasteiger partial charge on any atom is 0.302 e. The van der Waals surface area contributed by atoms with E-state index in [-0.39, 0.29) is 12.1 Å². The lowest BCUT2D eigenvalue weighted by Gasteiger charge is -2.62. The number of allylic oxidation sites excluding steroid dienone is 1. The van der Waals surface area contributed by atoms with Crippen LogP contribution in [0.3, 0.4) is 0 Å². The molecule has 2 spiro atoms. The molecule has 0 N–H and O–H groups in total. The lowest BCUT2D eigenvalue weighted by atomic mass is 9.43. The largest absolute Gasteiger partial charge is 0.462 e. The highest BCUT2D eigenvalue weighted by Crippen LogP contribution is 2.88. The minimum atomic E-state index is -0.0864. The number of fused-ring (bicyclic) bond motifs is 2. The second-order valence-electron chi connectivity index (χ2n) is 14.6. The van der Waals surface area contributed by atoms with Crippen LogP contribution in [0.25, 0.3) is 0 Å². The minimum Gasteiger partial charge on any atom is -0.462 e. The van der Waals surface area contributed by atoms with Crippen LogP contribution in [0.4, 0.5) is 0 Å². The molecule has 5 aliphatic carbocycles. The monoisotopic (exact) mass is 468 g/mol. The summed E-state index contributed by atoms with van der Waals surface area (Å²) in [6, 6.07) is 0. The summed E-state index contributed by atoms with van der Waals surface area (Å²) in [5.74, 6) is 4.50. The van der Waals surface area contributed by atoms with Crippen LogP contribution in [0.1, 0.15) is 119 Å². The zero-order valence-corrected chi connectivity index (χ0v) is 23.3. The van der Waals surface area contributed by atoms with Gasteiger partial charge >= 0.3 is 5.97 Å². The molecule has 0 radical (unpaired) electrons. The van der Waals surface area contributed by atoms with Crippen molar-refractivity contribution in [2.24, 2.45) is 57.2 Å². The molecule has 0 aromatic heterocycles. The van der Waals surface area contributed by atoms with E-state index in [4.69, 9.17) is 4.74 Å². The summed E-state index contributed by atoms with van der Waals surface area (Å²) in [5.41, 5.74) is 3.53. The summed E-state index contributed by atoms with van der Waals surface area (Å²) in [6.45, 7) is 20.8. The Kier molecular flexibility index (Phi) is 5.93. The number of hydrogen-bond acceptors (Lipinski definition) is 2. The fourth-order valence-corrected chi connectivity index (χ4v) is 11.3. The molecule has 192 valence electrons. The van der Waals surface area contributed by atoms with Crippen molar-refractivity contribution < 1.29 is 9.53 Å². The fraction of sp³-hybridized carbons (Fsp3) is 0.906. The highest BCUT2D eigenvalue weighted by atomic mass is 16.5. The Labute approximate surface area is 210 Å². The van der Waals surface area contributed by atoms with Gasteiger partial charge < -0.3 is 4.74 Å². The third kappa shape index (κ3) is 3.21. The predicted molar refractivity (Wildman–Crippen MR) is 140 cm³/mol. The van der Waals surface area contributed by atoms with Gasteiger partial charge in [0.05, 0.1) is 0 Å². The van der Waals surface area contributed by atoms with Crippen molar-refractivity contribution in [3.05, 3.63) is 12.2 Å². The van der Waals surface area contributed by atoms with E-state index in [9.17, 15) is 4.79 Å². The Morgan fingerprint density at radius 3 is 2.35 bits per heavy atom. The summed E-state index contributed by atoms with van der Waals surface area (Å²) in [5, 5.41) is 0. The number of ether oxygens (including phenoxy) is 1. The van der Waals surface area contributed by atoms with Crippen LogP contribution in [0.2, 0.25) is 0 Å². The smallest absolute Gasteiger partial charge is 0.302 e. The molecule has 5 rings (SSSR count). The van der Waals surface area contributed by atoms with Crippen LogP contribution in [-0.4, -0.2) is 12.1 Å². The Morgan fingerprint density at radius 2 is 1.68 bits per heavy atom. The number of carbonyl (C=O) groups is 1. The van der Waals surface area contributed by atoms with Gasteiger partial charge in [-0.1, -0.05) is 46.8 Å². The number of hydrogen-bond donors (Lipinski definition) is 0. The molecule has 11 atom stereocenters. The molecule has 5 fully saturated rings. The van der Waals surface area contributed by atoms with Crippen LogP contribution in [0.15, 0.2) is 12.2 Å². The van der Waals surface area contributed by atoms with E-state index in [0.29, 0.717) is 33.5 Å². The molecule has 5 saturated carbocycles. The molecular formula is C32H52O2. The van der Waals surface area contributed by atoms with Crippen molar-refractivity contribution >= 4 is 5.97 Å². The van der Waals surface area contributed by atoms with Gasteiger partial charge in [0, 0.05) is 6.92 Å². The lowest BCUT2D eigenvalue weighted by molar-refractivity contribution is -0.165. The lowest BCUT2D eigenvalue weighted by Crippen LogP contribution is -2.56. The van der Waals surface area contributed by atoms with E-state index in [1.807, 2.05) is 0 Å². The second-order valence-corrected chi connectivity index (χ2v) is 14.6. The maximum atomic E-state index is 11.7. The summed E-state index contributed by atoms with van der Waals surface area (Å²) >= 11 is 0. The summed E-state index contributed by atoms with van der Waals surface area (Å²) in [7, 11) is 0. The van der Waals surface area contributed by atoms with Gasteiger partial charge in [0.25, 0.3) is 0 Å². The van der Waals surface area contributed by atoms with Crippen molar-refractivity contribution in [3.8, 4) is 0 Å². The van der Waals surface area contributed by atoms with Crippen molar-refractivity contribution in [3.63, 3.8) is 0 Å². The van der Waals surface area contributed by atoms with E-state index in [1.165, 1.54) is 69.8 Å². The number of carbonyl (C=O) groups excluding carboxylic acids is 1. The highest BCUT2D eigenvalue weighted by Gasteiger charge is 2.81. The van der Waals surface area contributed by atoms with Gasteiger partial charge in [0.15, 0.2) is 0 Å². The minimum absolute atomic E-state index is 0.0864. The second kappa shape index (κ2) is 8.11. The molecule has 34 heavy (non-hydrogen) atoms. The highest BCUT2D eigenvalue weighted by molar-refractivity contribution is 5.66. The Morgan fingerprint density at radius 1 is 0.941 bits per heavy atom. The first-order valence-corrected chi connectivity index (χ1v) is 14.7. The summed E-state index contributed by atoms with van der Waals surface area (Å²) in [6.07, 6.45) is 15.3. The van der Waals surface area contributed by atoms with E-state index in [2.05, 4.69) is 48.1 Å². The molecule has 0 saturated heterocycles. The van der Waals surface area contributed by atoms with Crippen molar-refractivity contribution in [1.82, 2.24) is 0 Å². The zero-order valence-electron chi connectivity index (χ0n) is 23.3. The van der Waals surface area contributed by atoms with Crippen LogP contribution in [0.5, 0.6) is 0 Å². The number of esters is 1. The molecule has 2 heteroatoms. The first kappa shape index (κ1) is 24.9. The van der Waals surface area contributed by atoms with Gasteiger partial charge in [-0.3, -0.25) is 4.79 Å². The van der Waals surface area contributed by atoms with E-state index >= 15 is 0 Å². The van der Waals surface area contributed by atoms with Crippen LogP contribution in [-0.2, 0) is 9.53 Å². The molecule has 0 aromatic carbocycles. The molecule has 0 aromatic rings. The zero-order chi connectivity index (χ0) is 24.7. The molecule has 5 aliphatic rings. The van der Waals surface area contributed by atoms with E-state index in [0.717, 1.165) is 30.1 Å². The van der Waals surface area contributed by atoms with Gasteiger partial charge in [0.2, 0.25) is 0 Å². The Balaban J connectivity index is 1.34. The third-order valence-electron chi connectivity index (χ3n) is 13.6. The molecule has 0 amide bonds. The average Bonchev–Trinajstić information content (AvgIpc) is 3.36. The molecule has 0 heterocycles. The van der Waals surface area contributed by atoms with Crippen molar-refractivity contribution in [2.75, 3.05) is 0 Å². The molecule has 0 unspecified atom stereocenters. The van der Waals surface area contributed by atoms with Crippen LogP contribution < -0.4 is 0 Å². The molecule has 2 nitrogen and oxygen atoms in total. The van der Waals surface area contributed by atoms with Gasteiger partial charge in [-0.2, -0.15) is 0 Å². The first-order valence-electron chi connectivity index (χ1n) is 14.7. The SMILES string of the molecule is C=C(C)[C@@H](C)CC[C@@H](C)[C@H]1CC[C@@]2(C)[C@@H]3CC[C@H]4[C@H](C)[C@@H](OC(C)=O)CC[C@@]45C[C@@]35CC[C@]12C. The van der Waals surface area contributed by atoms with Crippen molar-refractivity contribution in [1.29, 1.82) is 0 Å². The topological polar surface area (TPSA) is 26.3 Å². The van der Waals surface area contributed by atoms with Gasteiger partial charge in [-0.25, -0.2) is 0 Å². The van der Waals surface area contributed by atoms with Gasteiger partial charge in [0.1, 0.15) is 6.10 Å². The molecule has 0 bridgehead atoms. The van der Waals surface area contributed by atoms with Gasteiger partial charge in [-0.15, -0.1) is 0 Å². The van der Waals surface area contributed by atoms with Crippen molar-refractivity contribution in [2.45, 2.75) is 125 Å². The van der Waals surface area contributed by atoms with Crippen LogP contribution in [0, 0.1) is 57.2 Å². The molecule has 0 aliphatic heterocycles. The number of rotatable bonds is 6. The summed E-state index contributed by atoms with van der Waals surface area (Å²) < 4.78 is 5.81. The van der Waals surface area contributed by atoms with E-state index in [1.54, 1.807) is 6.92 Å². The first-order chi connectivity index (χ1) is 15.9. The standard InChI is InChI=1S/C32H52O2/c1-20(2)21(3)9-10-22(4)25-13-15-30(8)28-12-11-26-23(5)27(34-24(6)33)14-16-31(26)19-32(28,31)18-17-29(25,30)7/h21-23,25-28H,1,9-19H2,2-8H3/t21-,22+,23-,25+,26-,27-,28-,29+,30-,31+,32-/m0/s1. The average molecular weight is 469 g/mol. The fourth-order valence-electron chi connectivity index (χ4n) is 11.3. The molecular weight excluding hydrogens is 416 g/mol. The maximum absolute atomic E-state index is 11.7. The normalized spacial score (nSPS) is 50.7. The van der Waals surface area contributed by atoms with E-state index < -0.39 is 0 Å². The van der Waals surface area contributed by atoms with Gasteiger partial charge in [-0.05, 0) is 135 Å². The third-order valence-corrected chi connectivity index (χ3v) is 13.6. The Hall–Kier alpha value is -0.790. The summed E-state index contributed by atoms with van der Waals surface area (Å²) in [4.78, 5) is 11.7. The predicted octanol–water partition coefficient (Wildman–Crippen LogP) is 8.60. The van der Waals surface area contributed by atoms with Crippen LogP contribution >= 0.6 is 0 Å². The Bertz CT molecular complexity index is 846.